The molecular formula is C24H35N3O2S. The minimum Gasteiger partial charge on any atom is -0.493 e. The van der Waals surface area contributed by atoms with E-state index >= 15 is 0 Å². The molecule has 1 amide bonds. The van der Waals surface area contributed by atoms with Gasteiger partial charge in [0.2, 0.25) is 5.91 Å². The van der Waals surface area contributed by atoms with Crippen molar-refractivity contribution in [2.24, 2.45) is 4.99 Å². The highest BCUT2D eigenvalue weighted by Gasteiger charge is 2.38. The van der Waals surface area contributed by atoms with Gasteiger partial charge in [-0.1, -0.05) is 36.7 Å². The molecule has 6 heteroatoms. The number of hydrogen-bond donors (Lipinski definition) is 0. The van der Waals surface area contributed by atoms with Crippen LogP contribution in [0.1, 0.15) is 57.9 Å². The Labute approximate surface area is 185 Å². The predicted molar refractivity (Wildman–Crippen MR) is 125 cm³/mol. The van der Waals surface area contributed by atoms with Crippen LogP contribution < -0.4 is 4.74 Å². The third kappa shape index (κ3) is 4.86. The van der Waals surface area contributed by atoms with Crippen LogP contribution in [0.15, 0.2) is 29.3 Å². The summed E-state index contributed by atoms with van der Waals surface area (Å²) in [5, 5.41) is 0.814. The monoisotopic (exact) mass is 429 g/mol. The van der Waals surface area contributed by atoms with E-state index in [9.17, 15) is 4.79 Å². The van der Waals surface area contributed by atoms with Gasteiger partial charge in [-0.15, -0.1) is 0 Å². The number of hydrogen-bond acceptors (Lipinski definition) is 5. The number of ether oxygens (including phenoxy) is 1. The normalized spacial score (nSPS) is 26.3. The van der Waals surface area contributed by atoms with Gasteiger partial charge in [0.1, 0.15) is 16.0 Å². The SMILES string of the molecule is CCOc1ccccc1C1=NC(C)C(C(=O)N2CCC(N3CCCCCC3)CC2)S1. The van der Waals surface area contributed by atoms with Crippen LogP contribution >= 0.6 is 11.8 Å². The van der Waals surface area contributed by atoms with Crippen molar-refractivity contribution in [3.05, 3.63) is 29.8 Å². The predicted octanol–water partition coefficient (Wildman–Crippen LogP) is 4.20. The molecule has 0 N–H and O–H groups in total. The summed E-state index contributed by atoms with van der Waals surface area (Å²) in [6.07, 6.45) is 7.63. The van der Waals surface area contributed by atoms with Crippen molar-refractivity contribution in [3.8, 4) is 5.75 Å². The number of carbonyl (C=O) groups is 1. The molecule has 1 aromatic rings. The summed E-state index contributed by atoms with van der Waals surface area (Å²) in [6.45, 7) is 8.93. The Hall–Kier alpha value is -1.53. The van der Waals surface area contributed by atoms with Crippen molar-refractivity contribution in [2.45, 2.75) is 69.7 Å². The van der Waals surface area contributed by atoms with Crippen LogP contribution in [0.25, 0.3) is 0 Å². The van der Waals surface area contributed by atoms with Crippen LogP contribution in [0.2, 0.25) is 0 Å². The molecule has 4 rings (SSSR count). The third-order valence-electron chi connectivity index (χ3n) is 6.59. The van der Waals surface area contributed by atoms with Crippen LogP contribution in [0, 0.1) is 0 Å². The number of rotatable bonds is 5. The first-order chi connectivity index (χ1) is 14.7. The zero-order valence-corrected chi connectivity index (χ0v) is 19.2. The Morgan fingerprint density at radius 3 is 2.50 bits per heavy atom. The summed E-state index contributed by atoms with van der Waals surface area (Å²) in [5.41, 5.74) is 1.01. The van der Waals surface area contributed by atoms with Crippen molar-refractivity contribution in [3.63, 3.8) is 0 Å². The van der Waals surface area contributed by atoms with Gasteiger partial charge in [-0.2, -0.15) is 0 Å². The first kappa shape index (κ1) is 21.7. The number of amides is 1. The van der Waals surface area contributed by atoms with E-state index in [1.165, 1.54) is 38.8 Å². The highest BCUT2D eigenvalue weighted by Crippen LogP contribution is 2.35. The lowest BCUT2D eigenvalue weighted by Crippen LogP contribution is -2.49. The average Bonchev–Trinajstić information content (AvgIpc) is 2.97. The zero-order valence-electron chi connectivity index (χ0n) is 18.4. The van der Waals surface area contributed by atoms with Crippen LogP contribution in [0.4, 0.5) is 0 Å². The van der Waals surface area contributed by atoms with Gasteiger partial charge in [0.25, 0.3) is 0 Å². The average molecular weight is 430 g/mol. The first-order valence-corrected chi connectivity index (χ1v) is 12.5. The van der Waals surface area contributed by atoms with E-state index in [-0.39, 0.29) is 17.2 Å². The number of carbonyl (C=O) groups excluding carboxylic acids is 1. The summed E-state index contributed by atoms with van der Waals surface area (Å²) < 4.78 is 5.78. The number of para-hydroxylation sites is 1. The molecule has 164 valence electrons. The molecule has 3 aliphatic heterocycles. The van der Waals surface area contributed by atoms with Crippen LogP contribution in [-0.2, 0) is 4.79 Å². The zero-order chi connectivity index (χ0) is 20.9. The Bertz CT molecular complexity index is 753. The number of benzene rings is 1. The van der Waals surface area contributed by atoms with Crippen molar-refractivity contribution >= 4 is 22.7 Å². The minimum absolute atomic E-state index is 0.00415. The molecule has 0 bridgehead atoms. The Morgan fingerprint density at radius 2 is 1.80 bits per heavy atom. The maximum absolute atomic E-state index is 13.3. The second-order valence-electron chi connectivity index (χ2n) is 8.65. The van der Waals surface area contributed by atoms with Crippen molar-refractivity contribution in [1.29, 1.82) is 0 Å². The van der Waals surface area contributed by atoms with Gasteiger partial charge in [-0.05, 0) is 64.8 Å². The van der Waals surface area contributed by atoms with E-state index < -0.39 is 0 Å². The number of thioether (sulfide) groups is 1. The van der Waals surface area contributed by atoms with Gasteiger partial charge < -0.3 is 14.5 Å². The fourth-order valence-electron chi connectivity index (χ4n) is 4.91. The molecule has 0 aliphatic carbocycles. The lowest BCUT2D eigenvalue weighted by atomic mass is 10.0. The summed E-state index contributed by atoms with van der Waals surface area (Å²) in [6, 6.07) is 8.67. The maximum atomic E-state index is 13.3. The molecule has 0 radical (unpaired) electrons. The quantitative estimate of drug-likeness (QED) is 0.704. The molecule has 5 nitrogen and oxygen atoms in total. The van der Waals surface area contributed by atoms with Gasteiger partial charge in [-0.3, -0.25) is 9.79 Å². The number of likely N-dealkylation sites (tertiary alicyclic amines) is 2. The lowest BCUT2D eigenvalue weighted by Gasteiger charge is -2.39. The second kappa shape index (κ2) is 10.2. The Balaban J connectivity index is 1.35. The first-order valence-electron chi connectivity index (χ1n) is 11.7. The van der Waals surface area contributed by atoms with Crippen LogP contribution in [0.5, 0.6) is 5.75 Å². The van der Waals surface area contributed by atoms with Crippen molar-refractivity contribution < 1.29 is 9.53 Å². The lowest BCUT2D eigenvalue weighted by molar-refractivity contribution is -0.132. The molecular weight excluding hydrogens is 394 g/mol. The second-order valence-corrected chi connectivity index (χ2v) is 9.78. The fraction of sp³-hybridized carbons (Fsp3) is 0.667. The minimum atomic E-state index is -0.121. The number of aliphatic imine (C=N–C) groups is 1. The van der Waals surface area contributed by atoms with E-state index in [1.807, 2.05) is 31.2 Å². The third-order valence-corrected chi connectivity index (χ3v) is 7.99. The van der Waals surface area contributed by atoms with Gasteiger partial charge >= 0.3 is 0 Å². The fourth-order valence-corrected chi connectivity index (χ4v) is 6.18. The summed E-state index contributed by atoms with van der Waals surface area (Å²) in [4.78, 5) is 22.9. The Morgan fingerprint density at radius 1 is 1.10 bits per heavy atom. The molecule has 3 aliphatic rings. The van der Waals surface area contributed by atoms with Gasteiger partial charge in [-0.25, -0.2) is 0 Å². The molecule has 0 saturated carbocycles. The topological polar surface area (TPSA) is 45.1 Å². The largest absolute Gasteiger partial charge is 0.493 e. The van der Waals surface area contributed by atoms with Gasteiger partial charge in [0.15, 0.2) is 0 Å². The van der Waals surface area contributed by atoms with E-state index in [0.29, 0.717) is 12.6 Å². The molecule has 2 unspecified atom stereocenters. The van der Waals surface area contributed by atoms with E-state index in [0.717, 1.165) is 42.3 Å². The van der Waals surface area contributed by atoms with Crippen LogP contribution in [-0.4, -0.2) is 70.9 Å². The maximum Gasteiger partial charge on any atom is 0.238 e. The smallest absolute Gasteiger partial charge is 0.238 e. The molecule has 3 heterocycles. The molecule has 2 saturated heterocycles. The molecule has 2 fully saturated rings. The van der Waals surface area contributed by atoms with Crippen molar-refractivity contribution in [2.75, 3.05) is 32.8 Å². The van der Waals surface area contributed by atoms with Gasteiger partial charge in [0, 0.05) is 24.7 Å². The summed E-state index contributed by atoms with van der Waals surface area (Å²) in [5.74, 6) is 1.11. The van der Waals surface area contributed by atoms with E-state index in [4.69, 9.17) is 9.73 Å². The van der Waals surface area contributed by atoms with E-state index in [1.54, 1.807) is 11.8 Å². The Kier molecular flexibility index (Phi) is 7.37. The molecule has 2 atom stereocenters. The number of piperidine rings is 1. The molecule has 30 heavy (non-hydrogen) atoms. The van der Waals surface area contributed by atoms with Crippen molar-refractivity contribution in [1.82, 2.24) is 9.80 Å². The molecule has 0 spiro atoms. The standard InChI is InChI=1S/C24H35N3O2S/c1-3-29-21-11-7-6-10-20(21)23-25-18(2)22(30-23)24(28)27-16-12-19(13-17-27)26-14-8-4-5-9-15-26/h6-7,10-11,18-19,22H,3-5,8-9,12-17H2,1-2H3. The number of nitrogens with zero attached hydrogens (tertiary/aromatic N) is 3. The molecule has 1 aromatic carbocycles. The van der Waals surface area contributed by atoms with E-state index in [2.05, 4.69) is 16.7 Å². The van der Waals surface area contributed by atoms with Crippen LogP contribution in [0.3, 0.4) is 0 Å². The summed E-state index contributed by atoms with van der Waals surface area (Å²) in [7, 11) is 0. The summed E-state index contributed by atoms with van der Waals surface area (Å²) >= 11 is 1.61. The van der Waals surface area contributed by atoms with Gasteiger partial charge in [0.05, 0.1) is 12.6 Å². The molecule has 0 aromatic heterocycles. The highest BCUT2D eigenvalue weighted by atomic mass is 32.2. The highest BCUT2D eigenvalue weighted by molar-refractivity contribution is 8.15.